The van der Waals surface area contributed by atoms with Gasteiger partial charge < -0.3 is 5.11 Å². The van der Waals surface area contributed by atoms with Gasteiger partial charge in [0.1, 0.15) is 6.10 Å². The first-order valence-electron chi connectivity index (χ1n) is 9.58. The van der Waals surface area contributed by atoms with Crippen molar-refractivity contribution >= 4 is 69.5 Å². The summed E-state index contributed by atoms with van der Waals surface area (Å²) in [6, 6.07) is 30.1. The monoisotopic (exact) mass is 678 g/mol. The molecule has 4 aromatic rings. The third kappa shape index (κ3) is 7.22. The summed E-state index contributed by atoms with van der Waals surface area (Å²) in [4.78, 5) is 12.0. The Kier molecular flexibility index (Phi) is 9.44. The van der Waals surface area contributed by atoms with Crippen LogP contribution in [-0.4, -0.2) is 10.9 Å². The number of aliphatic hydroxyl groups is 1. The lowest BCUT2D eigenvalue weighted by molar-refractivity contribution is 0.103. The zero-order valence-corrected chi connectivity index (χ0v) is 23.0. The van der Waals surface area contributed by atoms with Crippen molar-refractivity contribution < 1.29 is 9.90 Å². The van der Waals surface area contributed by atoms with Gasteiger partial charge in [-0.25, -0.2) is 0 Å². The molecule has 0 saturated carbocycles. The van der Waals surface area contributed by atoms with Crippen LogP contribution in [0, 0.1) is 0 Å². The van der Waals surface area contributed by atoms with Crippen molar-refractivity contribution in [1.82, 2.24) is 0 Å². The third-order valence-corrected chi connectivity index (χ3v) is 6.70. The molecule has 0 aromatic heterocycles. The van der Waals surface area contributed by atoms with Gasteiger partial charge in [-0.05, 0) is 83.9 Å². The van der Waals surface area contributed by atoms with Gasteiger partial charge in [-0.3, -0.25) is 4.79 Å². The Balaban J connectivity index is 0.000000181. The molecule has 0 heterocycles. The first-order chi connectivity index (χ1) is 15.3. The maximum Gasteiger partial charge on any atom is 0.193 e. The van der Waals surface area contributed by atoms with Gasteiger partial charge in [0.25, 0.3) is 0 Å². The van der Waals surface area contributed by atoms with Gasteiger partial charge in [-0.15, -0.1) is 0 Å². The smallest absolute Gasteiger partial charge is 0.193 e. The number of aliphatic hydroxyl groups excluding tert-OH is 1. The van der Waals surface area contributed by atoms with E-state index in [0.29, 0.717) is 11.1 Å². The third-order valence-electron chi connectivity index (χ3n) is 4.58. The fourth-order valence-electron chi connectivity index (χ4n) is 2.85. The van der Waals surface area contributed by atoms with Crippen LogP contribution in [0.25, 0.3) is 0 Å². The summed E-state index contributed by atoms with van der Waals surface area (Å²) in [5.74, 6) is 0.0417. The molecule has 0 radical (unpaired) electrons. The molecule has 0 atom stereocenters. The first kappa shape index (κ1) is 25.1. The minimum absolute atomic E-state index is 0.0417. The van der Waals surface area contributed by atoms with E-state index in [9.17, 15) is 9.90 Å². The molecule has 0 fully saturated rings. The summed E-state index contributed by atoms with van der Waals surface area (Å²) in [7, 11) is 0. The fourth-order valence-corrected chi connectivity index (χ4v) is 3.91. The lowest BCUT2D eigenvalue weighted by Crippen LogP contribution is -2.00. The van der Waals surface area contributed by atoms with Crippen LogP contribution in [0.5, 0.6) is 0 Å². The van der Waals surface area contributed by atoms with Gasteiger partial charge in [-0.2, -0.15) is 0 Å². The zero-order chi connectivity index (χ0) is 23.1. The fraction of sp³-hybridized carbons (Fsp3) is 0.0385. The molecule has 6 heteroatoms. The summed E-state index contributed by atoms with van der Waals surface area (Å²) in [5, 5.41) is 10.1. The Bertz CT molecular complexity index is 1060. The van der Waals surface area contributed by atoms with Crippen molar-refractivity contribution in [3.05, 3.63) is 137 Å². The molecule has 4 rings (SSSR count). The number of carbonyl (C=O) groups is 1. The molecule has 0 aliphatic heterocycles. The number of halogens is 4. The van der Waals surface area contributed by atoms with E-state index in [4.69, 9.17) is 0 Å². The van der Waals surface area contributed by atoms with Gasteiger partial charge in [0.15, 0.2) is 5.78 Å². The van der Waals surface area contributed by atoms with Crippen LogP contribution in [0.15, 0.2) is 115 Å². The van der Waals surface area contributed by atoms with E-state index in [0.717, 1.165) is 29.0 Å². The van der Waals surface area contributed by atoms with Crippen LogP contribution in [0.4, 0.5) is 0 Å². The van der Waals surface area contributed by atoms with Gasteiger partial charge >= 0.3 is 0 Å². The zero-order valence-electron chi connectivity index (χ0n) is 16.7. The maximum atomic E-state index is 12.0. The van der Waals surface area contributed by atoms with Crippen molar-refractivity contribution in [2.75, 3.05) is 0 Å². The number of carbonyl (C=O) groups excluding carboxylic acids is 1. The molecule has 0 unspecified atom stereocenters. The van der Waals surface area contributed by atoms with Crippen LogP contribution in [-0.2, 0) is 0 Å². The van der Waals surface area contributed by atoms with Gasteiger partial charge in [0.2, 0.25) is 0 Å². The standard InChI is InChI=1S/C13H10Br2O.C13H8Br2O/c2*14-11-5-1-9(2-6-11)13(16)10-3-7-12(15)8-4-10/h1-8,13,16H;1-8H. The average molecular weight is 682 g/mol. The SMILES string of the molecule is O=C(c1ccc(Br)cc1)c1ccc(Br)cc1.OC(c1ccc(Br)cc1)c1ccc(Br)cc1. The van der Waals surface area contributed by atoms with Crippen LogP contribution in [0.1, 0.15) is 33.2 Å². The summed E-state index contributed by atoms with van der Waals surface area (Å²) < 4.78 is 3.97. The molecule has 162 valence electrons. The largest absolute Gasteiger partial charge is 0.384 e. The number of hydrogen-bond donors (Lipinski definition) is 1. The molecule has 0 spiro atoms. The van der Waals surface area contributed by atoms with E-state index >= 15 is 0 Å². The lowest BCUT2D eigenvalue weighted by atomic mass is 10.0. The van der Waals surface area contributed by atoms with E-state index in [1.54, 1.807) is 0 Å². The predicted octanol–water partition coefficient (Wildman–Crippen LogP) is 8.74. The highest BCUT2D eigenvalue weighted by atomic mass is 79.9. The first-order valence-corrected chi connectivity index (χ1v) is 12.8. The normalized spacial score (nSPS) is 10.4. The molecule has 0 aliphatic rings. The number of benzene rings is 4. The Morgan fingerprint density at radius 1 is 0.500 bits per heavy atom. The van der Waals surface area contributed by atoms with Crippen molar-refractivity contribution in [2.45, 2.75) is 6.10 Å². The van der Waals surface area contributed by atoms with Crippen LogP contribution >= 0.6 is 63.7 Å². The molecular formula is C26H18Br4O2. The average Bonchev–Trinajstić information content (AvgIpc) is 2.81. The van der Waals surface area contributed by atoms with Crippen molar-refractivity contribution in [2.24, 2.45) is 0 Å². The highest BCUT2D eigenvalue weighted by Gasteiger charge is 2.10. The van der Waals surface area contributed by atoms with Crippen LogP contribution in [0.2, 0.25) is 0 Å². The molecule has 32 heavy (non-hydrogen) atoms. The molecule has 0 bridgehead atoms. The van der Waals surface area contributed by atoms with Crippen molar-refractivity contribution in [3.8, 4) is 0 Å². The highest BCUT2D eigenvalue weighted by Crippen LogP contribution is 2.24. The molecular weight excluding hydrogens is 664 g/mol. The molecule has 4 aromatic carbocycles. The second-order valence-corrected chi connectivity index (χ2v) is 10.5. The Morgan fingerprint density at radius 2 is 0.750 bits per heavy atom. The van der Waals surface area contributed by atoms with E-state index in [-0.39, 0.29) is 5.78 Å². The second-order valence-electron chi connectivity index (χ2n) is 6.85. The molecule has 0 saturated heterocycles. The number of ketones is 1. The molecule has 0 aliphatic carbocycles. The quantitative estimate of drug-likeness (QED) is 0.219. The van der Waals surface area contributed by atoms with Gasteiger partial charge in [0, 0.05) is 29.0 Å². The van der Waals surface area contributed by atoms with E-state index in [1.807, 2.05) is 97.1 Å². The molecule has 2 nitrogen and oxygen atoms in total. The number of rotatable bonds is 4. The topological polar surface area (TPSA) is 37.3 Å². The van der Waals surface area contributed by atoms with Crippen LogP contribution in [0.3, 0.4) is 0 Å². The Labute approximate surface area is 221 Å². The van der Waals surface area contributed by atoms with Crippen molar-refractivity contribution in [3.63, 3.8) is 0 Å². The minimum atomic E-state index is -0.568. The van der Waals surface area contributed by atoms with E-state index in [2.05, 4.69) is 63.7 Å². The van der Waals surface area contributed by atoms with E-state index < -0.39 is 6.10 Å². The summed E-state index contributed by atoms with van der Waals surface area (Å²) in [6.07, 6.45) is -0.568. The summed E-state index contributed by atoms with van der Waals surface area (Å²) in [6.45, 7) is 0. The minimum Gasteiger partial charge on any atom is -0.384 e. The summed E-state index contributed by atoms with van der Waals surface area (Å²) >= 11 is 13.4. The second kappa shape index (κ2) is 12.1. The Hall–Kier alpha value is -1.57. The van der Waals surface area contributed by atoms with Crippen molar-refractivity contribution in [1.29, 1.82) is 0 Å². The maximum absolute atomic E-state index is 12.0. The van der Waals surface area contributed by atoms with Crippen LogP contribution < -0.4 is 0 Å². The number of hydrogen-bond acceptors (Lipinski definition) is 2. The summed E-state index contributed by atoms with van der Waals surface area (Å²) in [5.41, 5.74) is 3.19. The van der Waals surface area contributed by atoms with Gasteiger partial charge in [0.05, 0.1) is 0 Å². The molecule has 1 N–H and O–H groups in total. The lowest BCUT2D eigenvalue weighted by Gasteiger charge is -2.11. The predicted molar refractivity (Wildman–Crippen MR) is 144 cm³/mol. The van der Waals surface area contributed by atoms with Gasteiger partial charge in [-0.1, -0.05) is 88.0 Å². The molecule has 0 amide bonds. The Morgan fingerprint density at radius 3 is 1.03 bits per heavy atom. The highest BCUT2D eigenvalue weighted by molar-refractivity contribution is 9.11. The van der Waals surface area contributed by atoms with E-state index in [1.165, 1.54) is 0 Å².